The van der Waals surface area contributed by atoms with Crippen molar-refractivity contribution in [1.82, 2.24) is 4.90 Å². The molecule has 132 valence electrons. The number of amidine groups is 1. The minimum Gasteiger partial charge on any atom is -0.284 e. The molecule has 1 aromatic rings. The van der Waals surface area contributed by atoms with Crippen molar-refractivity contribution in [3.63, 3.8) is 0 Å². The van der Waals surface area contributed by atoms with Crippen LogP contribution in [0.2, 0.25) is 0 Å². The molecule has 1 unspecified atom stereocenters. The lowest BCUT2D eigenvalue weighted by atomic mass is 10.1. The molecule has 1 saturated heterocycles. The number of nitrogens with zero attached hydrogens (tertiary/aromatic N) is 3. The number of anilines is 1. The zero-order valence-corrected chi connectivity index (χ0v) is 16.5. The molecule has 1 fully saturated rings. The molecule has 1 aromatic carbocycles. The molecule has 5 heteroatoms. The molecule has 0 N–H and O–H groups in total. The molecule has 0 saturated carbocycles. The second-order valence-electron chi connectivity index (χ2n) is 7.16. The molecule has 0 aromatic heterocycles. The molecule has 1 atom stereocenters. The zero-order chi connectivity index (χ0) is 17.9. The van der Waals surface area contributed by atoms with Crippen LogP contribution in [0.25, 0.3) is 0 Å². The van der Waals surface area contributed by atoms with Crippen LogP contribution in [-0.2, 0) is 6.42 Å². The second-order valence-corrected chi connectivity index (χ2v) is 8.07. The predicted molar refractivity (Wildman–Crippen MR) is 105 cm³/mol. The van der Waals surface area contributed by atoms with Crippen molar-refractivity contribution in [1.29, 1.82) is 0 Å². The van der Waals surface area contributed by atoms with E-state index in [2.05, 4.69) is 47.6 Å². The Kier molecular flexibility index (Phi) is 5.97. The van der Waals surface area contributed by atoms with Crippen LogP contribution < -0.4 is 4.90 Å². The number of hydrogen-bond acceptors (Lipinski definition) is 3. The topological polar surface area (TPSA) is 35.9 Å². The second kappa shape index (κ2) is 7.60. The highest BCUT2D eigenvalue weighted by Crippen LogP contribution is 2.31. The predicted octanol–water partition coefficient (Wildman–Crippen LogP) is 5.13. The summed E-state index contributed by atoms with van der Waals surface area (Å²) in [5.41, 5.74) is 2.02. The van der Waals surface area contributed by atoms with E-state index in [4.69, 9.17) is 4.99 Å². The third-order valence-electron chi connectivity index (χ3n) is 4.09. The number of benzene rings is 1. The summed E-state index contributed by atoms with van der Waals surface area (Å²) in [6.45, 7) is 12.5. The van der Waals surface area contributed by atoms with Crippen LogP contribution in [0.3, 0.4) is 0 Å². The molecule has 1 heterocycles. The quantitative estimate of drug-likeness (QED) is 0.756. The molecule has 24 heavy (non-hydrogen) atoms. The summed E-state index contributed by atoms with van der Waals surface area (Å²) in [7, 11) is 0. The van der Waals surface area contributed by atoms with Gasteiger partial charge in [-0.1, -0.05) is 43.8 Å². The third kappa shape index (κ3) is 4.12. The van der Waals surface area contributed by atoms with E-state index in [-0.39, 0.29) is 17.6 Å². The Morgan fingerprint density at radius 1 is 1.25 bits per heavy atom. The summed E-state index contributed by atoms with van der Waals surface area (Å²) >= 11 is 1.65. The van der Waals surface area contributed by atoms with E-state index >= 15 is 0 Å². The van der Waals surface area contributed by atoms with Gasteiger partial charge in [0.25, 0.3) is 0 Å². The summed E-state index contributed by atoms with van der Waals surface area (Å²) in [6, 6.07) is 8.33. The van der Waals surface area contributed by atoms with Crippen LogP contribution in [0.4, 0.5) is 10.5 Å². The van der Waals surface area contributed by atoms with Gasteiger partial charge >= 0.3 is 6.03 Å². The first kappa shape index (κ1) is 18.8. The van der Waals surface area contributed by atoms with Crippen LogP contribution in [0.15, 0.2) is 29.3 Å². The lowest BCUT2D eigenvalue weighted by molar-refractivity contribution is 0.217. The van der Waals surface area contributed by atoms with Gasteiger partial charge in [0.2, 0.25) is 0 Å². The normalized spacial score (nSPS) is 19.1. The number of rotatable bonds is 4. The van der Waals surface area contributed by atoms with E-state index in [1.807, 2.05) is 28.0 Å². The van der Waals surface area contributed by atoms with Gasteiger partial charge in [0, 0.05) is 11.7 Å². The van der Waals surface area contributed by atoms with Crippen molar-refractivity contribution in [2.75, 3.05) is 10.8 Å². The lowest BCUT2D eigenvalue weighted by Gasteiger charge is -2.40. The van der Waals surface area contributed by atoms with Crippen LogP contribution in [0.1, 0.15) is 53.5 Å². The Hall–Kier alpha value is -1.49. The number of urea groups is 1. The minimum absolute atomic E-state index is 0.0343. The third-order valence-corrected chi connectivity index (χ3v) is 5.03. The molecule has 0 spiro atoms. The fourth-order valence-corrected chi connectivity index (χ4v) is 3.87. The van der Waals surface area contributed by atoms with Crippen molar-refractivity contribution in [3.8, 4) is 0 Å². The van der Waals surface area contributed by atoms with Gasteiger partial charge in [0.05, 0.1) is 11.4 Å². The number of thioether (sulfide) groups is 1. The van der Waals surface area contributed by atoms with Crippen molar-refractivity contribution < 1.29 is 4.79 Å². The number of amides is 2. The molecule has 0 aliphatic carbocycles. The molecule has 1 aliphatic rings. The standard InChI is InChI=1S/C19H29N3OS/c1-7-14(3)22-17(20-19(4,5)6)24-13-21(18(22)23)16-12-10-9-11-15(16)8-2/h9-12,14H,7-8,13H2,1-6H3. The fraction of sp³-hybridized carbons (Fsp3) is 0.579. The van der Waals surface area contributed by atoms with Gasteiger partial charge in [0.15, 0.2) is 5.17 Å². The maximum absolute atomic E-state index is 13.2. The summed E-state index contributed by atoms with van der Waals surface area (Å²) in [6.07, 6.45) is 1.82. The van der Waals surface area contributed by atoms with E-state index in [0.29, 0.717) is 5.88 Å². The lowest BCUT2D eigenvalue weighted by Crippen LogP contribution is -2.54. The van der Waals surface area contributed by atoms with Crippen molar-refractivity contribution in [2.24, 2.45) is 4.99 Å². The van der Waals surface area contributed by atoms with Gasteiger partial charge in [-0.2, -0.15) is 0 Å². The maximum atomic E-state index is 13.2. The Morgan fingerprint density at radius 2 is 1.92 bits per heavy atom. The summed E-state index contributed by atoms with van der Waals surface area (Å²) in [5.74, 6) is 0.609. The summed E-state index contributed by atoms with van der Waals surface area (Å²) in [5, 5.41) is 0.840. The Morgan fingerprint density at radius 3 is 2.50 bits per heavy atom. The van der Waals surface area contributed by atoms with E-state index in [1.54, 1.807) is 11.8 Å². The van der Waals surface area contributed by atoms with Crippen LogP contribution in [0, 0.1) is 0 Å². The van der Waals surface area contributed by atoms with Gasteiger partial charge in [-0.3, -0.25) is 14.8 Å². The highest BCUT2D eigenvalue weighted by Gasteiger charge is 2.36. The van der Waals surface area contributed by atoms with Crippen LogP contribution in [0.5, 0.6) is 0 Å². The largest absolute Gasteiger partial charge is 0.331 e. The van der Waals surface area contributed by atoms with Crippen molar-refractivity contribution >= 4 is 28.6 Å². The molecular weight excluding hydrogens is 318 g/mol. The molecule has 4 nitrogen and oxygen atoms in total. The van der Waals surface area contributed by atoms with E-state index < -0.39 is 0 Å². The highest BCUT2D eigenvalue weighted by molar-refractivity contribution is 8.14. The van der Waals surface area contributed by atoms with Crippen LogP contribution >= 0.6 is 11.8 Å². The Balaban J connectivity index is 2.41. The van der Waals surface area contributed by atoms with E-state index in [9.17, 15) is 4.79 Å². The first-order chi connectivity index (χ1) is 11.3. The average molecular weight is 348 g/mol. The zero-order valence-electron chi connectivity index (χ0n) is 15.7. The Bertz CT molecular complexity index is 621. The smallest absolute Gasteiger partial charge is 0.284 e. The number of aryl methyl sites for hydroxylation is 1. The van der Waals surface area contributed by atoms with Crippen LogP contribution in [-0.4, -0.2) is 33.6 Å². The van der Waals surface area contributed by atoms with Gasteiger partial charge in [-0.05, 0) is 52.2 Å². The fourth-order valence-electron chi connectivity index (χ4n) is 2.64. The highest BCUT2D eigenvalue weighted by atomic mass is 32.2. The van der Waals surface area contributed by atoms with Gasteiger partial charge in [-0.15, -0.1) is 0 Å². The molecule has 1 aliphatic heterocycles. The summed E-state index contributed by atoms with van der Waals surface area (Å²) < 4.78 is 0. The number of carbonyl (C=O) groups is 1. The average Bonchev–Trinajstić information content (AvgIpc) is 2.53. The number of hydrogen-bond donors (Lipinski definition) is 0. The first-order valence-corrected chi connectivity index (χ1v) is 9.68. The van der Waals surface area contributed by atoms with Crippen molar-refractivity contribution in [3.05, 3.63) is 29.8 Å². The maximum Gasteiger partial charge on any atom is 0.331 e. The van der Waals surface area contributed by atoms with Crippen molar-refractivity contribution in [2.45, 2.75) is 66.0 Å². The number of carbonyl (C=O) groups excluding carboxylic acids is 1. The Labute approximate surface area is 150 Å². The first-order valence-electron chi connectivity index (χ1n) is 8.69. The molecule has 0 bridgehead atoms. The molecule has 2 rings (SSSR count). The SMILES string of the molecule is CCc1ccccc1N1CSC(=NC(C)(C)C)N(C(C)CC)C1=O. The monoisotopic (exact) mass is 347 g/mol. The van der Waals surface area contributed by atoms with Gasteiger partial charge < -0.3 is 0 Å². The summed E-state index contributed by atoms with van der Waals surface area (Å²) in [4.78, 5) is 21.8. The molecule has 2 amide bonds. The van der Waals surface area contributed by atoms with E-state index in [1.165, 1.54) is 5.56 Å². The van der Waals surface area contributed by atoms with Gasteiger partial charge in [-0.25, -0.2) is 4.79 Å². The van der Waals surface area contributed by atoms with E-state index in [0.717, 1.165) is 23.7 Å². The van der Waals surface area contributed by atoms with Gasteiger partial charge in [0.1, 0.15) is 0 Å². The molecular formula is C19H29N3OS. The molecule has 0 radical (unpaired) electrons. The minimum atomic E-state index is -0.197. The number of para-hydroxylation sites is 1. The number of aliphatic imine (C=N–C) groups is 1.